The van der Waals surface area contributed by atoms with Crippen molar-refractivity contribution < 1.29 is 14.6 Å². The number of thiophene rings is 1. The lowest BCUT2D eigenvalue weighted by molar-refractivity contribution is 0.0959. The highest BCUT2D eigenvalue weighted by atomic mass is 35.5. The molecule has 128 valence electrons. The molecular formula is C17H12Cl2N2O3S. The van der Waals surface area contributed by atoms with Crippen LogP contribution >= 0.6 is 34.5 Å². The van der Waals surface area contributed by atoms with E-state index in [2.05, 4.69) is 10.5 Å². The highest BCUT2D eigenvalue weighted by Crippen LogP contribution is 2.36. The highest BCUT2D eigenvalue weighted by molar-refractivity contribution is 7.21. The summed E-state index contributed by atoms with van der Waals surface area (Å²) >= 11 is 13.5. The molecule has 1 aromatic heterocycles. The summed E-state index contributed by atoms with van der Waals surface area (Å²) in [6, 6.07) is 10.0. The fraction of sp³-hybridized carbons (Fsp3) is 0.0588. The van der Waals surface area contributed by atoms with Gasteiger partial charge in [0.15, 0.2) is 11.5 Å². The van der Waals surface area contributed by atoms with E-state index in [1.54, 1.807) is 24.3 Å². The number of hydrogen-bond donors (Lipinski definition) is 2. The molecular weight excluding hydrogens is 383 g/mol. The molecule has 3 rings (SSSR count). The number of amides is 1. The Morgan fingerprint density at radius 1 is 1.28 bits per heavy atom. The number of hydrazone groups is 1. The number of aromatic hydroxyl groups is 1. The monoisotopic (exact) mass is 394 g/mol. The largest absolute Gasteiger partial charge is 0.504 e. The average Bonchev–Trinajstić information content (AvgIpc) is 2.93. The first-order valence-corrected chi connectivity index (χ1v) is 8.65. The van der Waals surface area contributed by atoms with Crippen LogP contribution < -0.4 is 10.2 Å². The predicted octanol–water partition coefficient (Wildman–Crippen LogP) is 4.69. The molecule has 0 saturated heterocycles. The van der Waals surface area contributed by atoms with Crippen molar-refractivity contribution in [2.75, 3.05) is 7.11 Å². The van der Waals surface area contributed by atoms with Gasteiger partial charge in [-0.1, -0.05) is 23.2 Å². The lowest BCUT2D eigenvalue weighted by atomic mass is 10.2. The first-order valence-electron chi connectivity index (χ1n) is 7.07. The molecule has 0 aliphatic carbocycles. The van der Waals surface area contributed by atoms with Crippen molar-refractivity contribution in [3.8, 4) is 11.5 Å². The summed E-state index contributed by atoms with van der Waals surface area (Å²) in [4.78, 5) is 12.7. The first-order chi connectivity index (χ1) is 12.0. The summed E-state index contributed by atoms with van der Waals surface area (Å²) < 4.78 is 5.88. The topological polar surface area (TPSA) is 70.9 Å². The Balaban J connectivity index is 1.78. The van der Waals surface area contributed by atoms with E-state index >= 15 is 0 Å². The average molecular weight is 395 g/mol. The Bertz CT molecular complexity index is 985. The molecule has 0 aliphatic rings. The molecule has 0 atom stereocenters. The minimum Gasteiger partial charge on any atom is -0.504 e. The zero-order valence-corrected chi connectivity index (χ0v) is 15.2. The second-order valence-corrected chi connectivity index (χ2v) is 6.88. The second kappa shape index (κ2) is 7.31. The molecule has 0 radical (unpaired) electrons. The van der Waals surface area contributed by atoms with Crippen LogP contribution in [0.4, 0.5) is 0 Å². The standard InChI is InChI=1S/C17H12Cl2N2O3S/c1-24-13-6-9(2-4-12(13)22)8-20-21-17(23)16-15(19)11-7-10(18)3-5-14(11)25-16/h2-8,22H,1H3,(H,21,23)/b20-8+. The fourth-order valence-corrected chi connectivity index (χ4v) is 3.73. The van der Waals surface area contributed by atoms with Crippen LogP contribution in [0.2, 0.25) is 10.0 Å². The Labute approximate surface area is 157 Å². The number of ether oxygens (including phenoxy) is 1. The van der Waals surface area contributed by atoms with Crippen molar-refractivity contribution in [3.05, 3.63) is 56.9 Å². The van der Waals surface area contributed by atoms with Crippen molar-refractivity contribution in [1.29, 1.82) is 0 Å². The normalized spacial score (nSPS) is 11.2. The van der Waals surface area contributed by atoms with E-state index in [1.165, 1.54) is 30.7 Å². The summed E-state index contributed by atoms with van der Waals surface area (Å²) in [6.45, 7) is 0. The molecule has 5 nitrogen and oxygen atoms in total. The molecule has 0 bridgehead atoms. The van der Waals surface area contributed by atoms with Gasteiger partial charge in [-0.3, -0.25) is 4.79 Å². The minimum atomic E-state index is -0.413. The van der Waals surface area contributed by atoms with Gasteiger partial charge < -0.3 is 9.84 Å². The molecule has 0 aliphatic heterocycles. The summed E-state index contributed by atoms with van der Waals surface area (Å²) in [6.07, 6.45) is 1.44. The van der Waals surface area contributed by atoms with Gasteiger partial charge in [0.1, 0.15) is 4.88 Å². The molecule has 2 aromatic carbocycles. The van der Waals surface area contributed by atoms with Gasteiger partial charge in [0.25, 0.3) is 5.91 Å². The van der Waals surface area contributed by atoms with Crippen LogP contribution in [0, 0.1) is 0 Å². The molecule has 0 fully saturated rings. The third kappa shape index (κ3) is 3.71. The Hall–Kier alpha value is -2.28. The van der Waals surface area contributed by atoms with E-state index < -0.39 is 5.91 Å². The zero-order chi connectivity index (χ0) is 18.0. The number of phenolic OH excluding ortho intramolecular Hbond substituents is 1. The van der Waals surface area contributed by atoms with E-state index in [4.69, 9.17) is 27.9 Å². The third-order valence-corrected chi connectivity index (χ3v) is 5.29. The lowest BCUT2D eigenvalue weighted by Crippen LogP contribution is -2.16. The molecule has 25 heavy (non-hydrogen) atoms. The number of carbonyl (C=O) groups is 1. The van der Waals surface area contributed by atoms with Crippen LogP contribution in [-0.2, 0) is 0 Å². The van der Waals surface area contributed by atoms with Crippen LogP contribution in [0.25, 0.3) is 10.1 Å². The molecule has 0 unspecified atom stereocenters. The van der Waals surface area contributed by atoms with E-state index in [1.807, 2.05) is 6.07 Å². The zero-order valence-electron chi connectivity index (χ0n) is 12.9. The number of halogens is 2. The van der Waals surface area contributed by atoms with Gasteiger partial charge in [-0.25, -0.2) is 5.43 Å². The Morgan fingerprint density at radius 3 is 2.84 bits per heavy atom. The van der Waals surface area contributed by atoms with Gasteiger partial charge in [0, 0.05) is 15.1 Å². The van der Waals surface area contributed by atoms with E-state index in [0.717, 1.165) is 10.1 Å². The molecule has 0 spiro atoms. The molecule has 1 heterocycles. The minimum absolute atomic E-state index is 0.0272. The van der Waals surface area contributed by atoms with Crippen LogP contribution in [-0.4, -0.2) is 24.3 Å². The SMILES string of the molecule is COc1cc(/C=N/NC(=O)c2sc3ccc(Cl)cc3c2Cl)ccc1O. The maximum atomic E-state index is 12.3. The molecule has 3 aromatic rings. The van der Waals surface area contributed by atoms with Crippen molar-refractivity contribution in [1.82, 2.24) is 5.43 Å². The van der Waals surface area contributed by atoms with Gasteiger partial charge in [-0.2, -0.15) is 5.10 Å². The van der Waals surface area contributed by atoms with E-state index in [-0.39, 0.29) is 5.75 Å². The van der Waals surface area contributed by atoms with Crippen molar-refractivity contribution in [2.45, 2.75) is 0 Å². The first kappa shape index (κ1) is 17.5. The van der Waals surface area contributed by atoms with E-state index in [9.17, 15) is 9.90 Å². The van der Waals surface area contributed by atoms with Crippen molar-refractivity contribution in [3.63, 3.8) is 0 Å². The van der Waals surface area contributed by atoms with Crippen LogP contribution in [0.5, 0.6) is 11.5 Å². The number of hydrogen-bond acceptors (Lipinski definition) is 5. The predicted molar refractivity (Wildman–Crippen MR) is 102 cm³/mol. The third-order valence-electron chi connectivity index (χ3n) is 3.38. The van der Waals surface area contributed by atoms with Crippen LogP contribution in [0.1, 0.15) is 15.2 Å². The number of rotatable bonds is 4. The summed E-state index contributed by atoms with van der Waals surface area (Å²) in [5, 5.41) is 15.1. The molecule has 0 saturated carbocycles. The number of carbonyl (C=O) groups excluding carboxylic acids is 1. The quantitative estimate of drug-likeness (QED) is 0.498. The van der Waals surface area contributed by atoms with Gasteiger partial charge >= 0.3 is 0 Å². The number of fused-ring (bicyclic) bond motifs is 1. The summed E-state index contributed by atoms with van der Waals surface area (Å²) in [5.74, 6) is -0.0663. The van der Waals surface area contributed by atoms with Gasteiger partial charge in [-0.15, -0.1) is 11.3 Å². The molecule has 1 amide bonds. The van der Waals surface area contributed by atoms with Crippen LogP contribution in [0.3, 0.4) is 0 Å². The summed E-state index contributed by atoms with van der Waals surface area (Å²) in [7, 11) is 1.45. The number of phenols is 1. The van der Waals surface area contributed by atoms with Gasteiger partial charge in [0.05, 0.1) is 18.3 Å². The highest BCUT2D eigenvalue weighted by Gasteiger charge is 2.17. The van der Waals surface area contributed by atoms with Crippen molar-refractivity contribution >= 4 is 56.7 Å². The number of nitrogens with zero attached hydrogens (tertiary/aromatic N) is 1. The lowest BCUT2D eigenvalue weighted by Gasteiger charge is -2.03. The second-order valence-electron chi connectivity index (χ2n) is 5.02. The van der Waals surface area contributed by atoms with Gasteiger partial charge in [0.2, 0.25) is 0 Å². The number of nitrogens with one attached hydrogen (secondary N) is 1. The number of methoxy groups -OCH3 is 1. The van der Waals surface area contributed by atoms with Crippen LogP contribution in [0.15, 0.2) is 41.5 Å². The molecule has 8 heteroatoms. The molecule has 2 N–H and O–H groups in total. The maximum Gasteiger partial charge on any atom is 0.283 e. The number of benzene rings is 2. The van der Waals surface area contributed by atoms with Crippen molar-refractivity contribution in [2.24, 2.45) is 5.10 Å². The van der Waals surface area contributed by atoms with E-state index in [0.29, 0.717) is 26.2 Å². The van der Waals surface area contributed by atoms with Gasteiger partial charge in [-0.05, 0) is 42.0 Å². The smallest absolute Gasteiger partial charge is 0.283 e. The Kier molecular flexibility index (Phi) is 5.13. The fourth-order valence-electron chi connectivity index (χ4n) is 2.18. The Morgan fingerprint density at radius 2 is 2.08 bits per heavy atom. The maximum absolute atomic E-state index is 12.3. The summed E-state index contributed by atoms with van der Waals surface area (Å²) in [5.41, 5.74) is 3.09.